The van der Waals surface area contributed by atoms with E-state index in [1.165, 1.54) is 17.7 Å². The van der Waals surface area contributed by atoms with Crippen molar-refractivity contribution in [3.8, 4) is 11.1 Å². The summed E-state index contributed by atoms with van der Waals surface area (Å²) in [5.74, 6) is 0.457. The zero-order valence-electron chi connectivity index (χ0n) is 19.6. The normalized spacial score (nSPS) is 11.9. The lowest BCUT2D eigenvalue weighted by Crippen LogP contribution is -2.13. The van der Waals surface area contributed by atoms with Gasteiger partial charge in [-0.3, -0.25) is 4.40 Å². The number of fused-ring (bicyclic) bond motifs is 3. The molecule has 2 heterocycles. The highest BCUT2D eigenvalue weighted by atomic mass is 32.2. The van der Waals surface area contributed by atoms with Crippen molar-refractivity contribution >= 4 is 38.0 Å². The summed E-state index contributed by atoms with van der Waals surface area (Å²) in [5.41, 5.74) is 4.38. The third-order valence-corrected chi connectivity index (χ3v) is 7.18. The summed E-state index contributed by atoms with van der Waals surface area (Å²) in [7, 11) is -1.72. The zero-order valence-corrected chi connectivity index (χ0v) is 20.4. The predicted molar refractivity (Wildman–Crippen MR) is 135 cm³/mol. The van der Waals surface area contributed by atoms with E-state index in [9.17, 15) is 12.8 Å². The van der Waals surface area contributed by atoms with E-state index >= 15 is 0 Å². The van der Waals surface area contributed by atoms with Gasteiger partial charge in [0.05, 0.1) is 5.52 Å². The molecule has 9 heteroatoms. The Morgan fingerprint density at radius 1 is 1.03 bits per heavy atom. The number of anilines is 2. The molecule has 0 aliphatic heterocycles. The number of benzene rings is 3. The van der Waals surface area contributed by atoms with E-state index in [1.54, 1.807) is 12.4 Å². The second-order valence-corrected chi connectivity index (χ2v) is 10.5. The van der Waals surface area contributed by atoms with Crippen LogP contribution in [0.3, 0.4) is 0 Å². The Balaban J connectivity index is 1.60. The van der Waals surface area contributed by atoms with Crippen LogP contribution in [0.2, 0.25) is 0 Å². The molecule has 0 unspecified atom stereocenters. The van der Waals surface area contributed by atoms with E-state index in [2.05, 4.69) is 35.3 Å². The number of aromatic nitrogens is 4. The Morgan fingerprint density at radius 3 is 2.57 bits per heavy atom. The van der Waals surface area contributed by atoms with Crippen molar-refractivity contribution in [3.63, 3.8) is 0 Å². The van der Waals surface area contributed by atoms with Crippen molar-refractivity contribution in [2.24, 2.45) is 0 Å². The topological polar surface area (TPSA) is 80.5 Å². The first kappa shape index (κ1) is 22.9. The number of hydrogen-bond donors (Lipinski definition) is 0. The Bertz CT molecular complexity index is 1680. The van der Waals surface area contributed by atoms with Gasteiger partial charge >= 0.3 is 0 Å². The molecule has 0 spiro atoms. The van der Waals surface area contributed by atoms with Crippen molar-refractivity contribution in [1.29, 1.82) is 0 Å². The summed E-state index contributed by atoms with van der Waals surface area (Å²) in [5, 5.41) is 9.16. The van der Waals surface area contributed by atoms with Crippen LogP contribution in [-0.4, -0.2) is 41.3 Å². The van der Waals surface area contributed by atoms with Crippen LogP contribution in [0.5, 0.6) is 0 Å². The standard InChI is InChI=1S/C26H24FN5O2S/c1-4-6-17-9-11-21-23(13-17)32-16-28-30-26(32)29-25(21)31(2)20-8-5-7-18(14-20)19-10-12-24(22(27)15-19)35(3,33)34/h5,7-16H,4,6H2,1-3H3. The fraction of sp³-hybridized carbons (Fsp3) is 0.192. The first-order chi connectivity index (χ1) is 16.8. The molecule has 0 fully saturated rings. The maximum atomic E-state index is 14.5. The third kappa shape index (κ3) is 4.23. The lowest BCUT2D eigenvalue weighted by atomic mass is 10.0. The van der Waals surface area contributed by atoms with Crippen LogP contribution in [0.1, 0.15) is 18.9 Å². The minimum atomic E-state index is -3.64. The van der Waals surface area contributed by atoms with Crippen LogP contribution in [0, 0.1) is 5.82 Å². The predicted octanol–water partition coefficient (Wildman–Crippen LogP) is 5.21. The van der Waals surface area contributed by atoms with Gasteiger partial charge in [-0.05, 0) is 59.5 Å². The molecule has 0 bridgehead atoms. The van der Waals surface area contributed by atoms with Crippen LogP contribution in [0.15, 0.2) is 71.9 Å². The third-order valence-electron chi connectivity index (χ3n) is 6.05. The maximum Gasteiger partial charge on any atom is 0.257 e. The molecule has 178 valence electrons. The molecular formula is C26H24FN5O2S. The average Bonchev–Trinajstić information content (AvgIpc) is 3.31. The van der Waals surface area contributed by atoms with E-state index in [0.29, 0.717) is 11.3 Å². The van der Waals surface area contributed by atoms with Crippen molar-refractivity contribution < 1.29 is 12.8 Å². The summed E-state index contributed by atoms with van der Waals surface area (Å²) in [6.07, 6.45) is 4.69. The molecule has 5 rings (SSSR count). The van der Waals surface area contributed by atoms with E-state index in [4.69, 9.17) is 4.98 Å². The fourth-order valence-corrected chi connectivity index (χ4v) is 5.02. The lowest BCUT2D eigenvalue weighted by Gasteiger charge is -2.21. The summed E-state index contributed by atoms with van der Waals surface area (Å²) in [4.78, 5) is 6.41. The van der Waals surface area contributed by atoms with E-state index in [1.807, 2.05) is 40.6 Å². The van der Waals surface area contributed by atoms with Gasteiger partial charge in [-0.1, -0.05) is 37.6 Å². The summed E-state index contributed by atoms with van der Waals surface area (Å²) in [6.45, 7) is 2.15. The highest BCUT2D eigenvalue weighted by molar-refractivity contribution is 7.90. The quantitative estimate of drug-likeness (QED) is 0.326. The Labute approximate surface area is 202 Å². The molecular weight excluding hydrogens is 465 g/mol. The number of nitrogens with zero attached hydrogens (tertiary/aromatic N) is 5. The van der Waals surface area contributed by atoms with Crippen LogP contribution >= 0.6 is 0 Å². The molecule has 0 saturated heterocycles. The van der Waals surface area contributed by atoms with Gasteiger partial charge in [0.1, 0.15) is 22.9 Å². The molecule has 0 saturated carbocycles. The SMILES string of the molecule is CCCc1ccc2c(N(C)c3cccc(-c4ccc(S(C)(=O)=O)c(F)c4)c3)nc3nncn3c2c1. The van der Waals surface area contributed by atoms with Gasteiger partial charge < -0.3 is 4.90 Å². The van der Waals surface area contributed by atoms with Gasteiger partial charge in [0, 0.05) is 24.4 Å². The van der Waals surface area contributed by atoms with E-state index in [0.717, 1.165) is 47.1 Å². The second kappa shape index (κ2) is 8.74. The van der Waals surface area contributed by atoms with Crippen LogP contribution in [-0.2, 0) is 16.3 Å². The highest BCUT2D eigenvalue weighted by Crippen LogP contribution is 2.33. The van der Waals surface area contributed by atoms with Gasteiger partial charge in [-0.2, -0.15) is 4.98 Å². The van der Waals surface area contributed by atoms with Crippen molar-refractivity contribution in [3.05, 3.63) is 78.4 Å². The molecule has 0 amide bonds. The molecule has 5 aromatic rings. The van der Waals surface area contributed by atoms with Gasteiger partial charge in [-0.25, -0.2) is 12.8 Å². The number of sulfone groups is 1. The molecule has 35 heavy (non-hydrogen) atoms. The highest BCUT2D eigenvalue weighted by Gasteiger charge is 2.17. The molecule has 3 aromatic carbocycles. The first-order valence-corrected chi connectivity index (χ1v) is 13.1. The Hall–Kier alpha value is -3.85. The summed E-state index contributed by atoms with van der Waals surface area (Å²) < 4.78 is 40.0. The van der Waals surface area contributed by atoms with Gasteiger partial charge in [0.15, 0.2) is 9.84 Å². The molecule has 0 aliphatic rings. The van der Waals surface area contributed by atoms with Gasteiger partial charge in [-0.15, -0.1) is 10.2 Å². The van der Waals surface area contributed by atoms with Crippen molar-refractivity contribution in [2.45, 2.75) is 24.7 Å². The molecule has 7 nitrogen and oxygen atoms in total. The number of halogens is 1. The molecule has 0 radical (unpaired) electrons. The minimum Gasteiger partial charge on any atom is -0.329 e. The molecule has 0 aliphatic carbocycles. The van der Waals surface area contributed by atoms with Crippen LogP contribution < -0.4 is 4.90 Å². The van der Waals surface area contributed by atoms with Crippen molar-refractivity contribution in [2.75, 3.05) is 18.2 Å². The van der Waals surface area contributed by atoms with Crippen LogP contribution in [0.4, 0.5) is 15.9 Å². The number of aryl methyl sites for hydroxylation is 1. The largest absolute Gasteiger partial charge is 0.329 e. The smallest absolute Gasteiger partial charge is 0.257 e. The van der Waals surface area contributed by atoms with Gasteiger partial charge in [0.2, 0.25) is 0 Å². The zero-order chi connectivity index (χ0) is 24.7. The maximum absolute atomic E-state index is 14.5. The average molecular weight is 490 g/mol. The van der Waals surface area contributed by atoms with Crippen LogP contribution in [0.25, 0.3) is 27.8 Å². The summed E-state index contributed by atoms with van der Waals surface area (Å²) in [6, 6.07) is 18.1. The molecule has 0 N–H and O–H groups in total. The Kier molecular flexibility index (Phi) is 5.72. The molecule has 0 atom stereocenters. The van der Waals surface area contributed by atoms with Gasteiger partial charge in [0.25, 0.3) is 5.78 Å². The molecule has 2 aromatic heterocycles. The van der Waals surface area contributed by atoms with E-state index < -0.39 is 15.7 Å². The fourth-order valence-electron chi connectivity index (χ4n) is 4.29. The number of rotatable bonds is 6. The number of hydrogen-bond acceptors (Lipinski definition) is 6. The second-order valence-electron chi connectivity index (χ2n) is 8.56. The van der Waals surface area contributed by atoms with Crippen molar-refractivity contribution in [1.82, 2.24) is 19.6 Å². The monoisotopic (exact) mass is 489 g/mol. The minimum absolute atomic E-state index is 0.311. The Morgan fingerprint density at radius 2 is 1.83 bits per heavy atom. The van der Waals surface area contributed by atoms with E-state index in [-0.39, 0.29) is 4.90 Å². The lowest BCUT2D eigenvalue weighted by molar-refractivity contribution is 0.571. The first-order valence-electron chi connectivity index (χ1n) is 11.2. The summed E-state index contributed by atoms with van der Waals surface area (Å²) >= 11 is 0.